The van der Waals surface area contributed by atoms with E-state index in [0.29, 0.717) is 40.5 Å². The predicted octanol–water partition coefficient (Wildman–Crippen LogP) is 3.40. The van der Waals surface area contributed by atoms with E-state index in [4.69, 9.17) is 0 Å². The van der Waals surface area contributed by atoms with Crippen LogP contribution in [0.2, 0.25) is 0 Å². The fourth-order valence-corrected chi connectivity index (χ4v) is 4.40. The topological polar surface area (TPSA) is 95.1 Å². The maximum absolute atomic E-state index is 13.1. The van der Waals surface area contributed by atoms with Gasteiger partial charge in [0.1, 0.15) is 11.6 Å². The molecule has 1 aliphatic carbocycles. The Labute approximate surface area is 161 Å². The number of thioether (sulfide) groups is 1. The van der Waals surface area contributed by atoms with Gasteiger partial charge in [0.25, 0.3) is 5.56 Å². The highest BCUT2D eigenvalue weighted by Crippen LogP contribution is 2.47. The molecule has 0 saturated heterocycles. The van der Waals surface area contributed by atoms with Crippen LogP contribution in [0.15, 0.2) is 45.5 Å². The van der Waals surface area contributed by atoms with Gasteiger partial charge in [-0.2, -0.15) is 0 Å². The standard InChI is InChI=1S/C20H21N3O3S/c1-20(2)8-12-15(13(25)9-20)14(10-5-4-6-11(24)7-10)16-17(21-12)22-19(27-3)23-18(16)26/h4-7,14,24H,8-9H2,1-3H3,(H2,21,22,23,26)/t14-/m1/s1. The van der Waals surface area contributed by atoms with E-state index in [2.05, 4.69) is 29.1 Å². The van der Waals surface area contributed by atoms with Gasteiger partial charge in [-0.05, 0) is 35.8 Å². The van der Waals surface area contributed by atoms with Crippen LogP contribution in [0.4, 0.5) is 5.82 Å². The fourth-order valence-electron chi connectivity index (χ4n) is 4.03. The average molecular weight is 383 g/mol. The molecule has 2 aromatic rings. The predicted molar refractivity (Wildman–Crippen MR) is 105 cm³/mol. The molecule has 1 aromatic carbocycles. The van der Waals surface area contributed by atoms with Gasteiger partial charge in [-0.3, -0.25) is 9.59 Å². The average Bonchev–Trinajstić information content (AvgIpc) is 2.58. The number of phenolic OH excluding ortho intramolecular Hbond substituents is 1. The second-order valence-corrected chi connectivity index (χ2v) is 8.62. The minimum absolute atomic E-state index is 0.0288. The third-order valence-corrected chi connectivity index (χ3v) is 5.68. The summed E-state index contributed by atoms with van der Waals surface area (Å²) >= 11 is 1.36. The molecule has 0 unspecified atom stereocenters. The quantitative estimate of drug-likeness (QED) is 0.543. The highest BCUT2D eigenvalue weighted by atomic mass is 32.2. The van der Waals surface area contributed by atoms with Crippen LogP contribution in [-0.2, 0) is 4.79 Å². The van der Waals surface area contributed by atoms with E-state index in [0.717, 1.165) is 5.70 Å². The molecule has 0 bridgehead atoms. The van der Waals surface area contributed by atoms with Gasteiger partial charge in [0.05, 0.1) is 5.56 Å². The molecule has 140 valence electrons. The van der Waals surface area contributed by atoms with Crippen LogP contribution in [-0.4, -0.2) is 27.1 Å². The number of ketones is 1. The Kier molecular flexibility index (Phi) is 4.14. The lowest BCUT2D eigenvalue weighted by atomic mass is 9.69. The zero-order valence-electron chi connectivity index (χ0n) is 15.4. The monoisotopic (exact) mass is 383 g/mol. The molecule has 0 radical (unpaired) electrons. The molecular weight excluding hydrogens is 362 g/mol. The number of fused-ring (bicyclic) bond motifs is 1. The maximum atomic E-state index is 13.1. The number of hydrogen-bond donors (Lipinski definition) is 3. The lowest BCUT2D eigenvalue weighted by Crippen LogP contribution is -2.37. The number of carbonyl (C=O) groups excluding carboxylic acids is 1. The largest absolute Gasteiger partial charge is 0.508 e. The number of allylic oxidation sites excluding steroid dienone is 2. The van der Waals surface area contributed by atoms with E-state index in [1.165, 1.54) is 11.8 Å². The highest BCUT2D eigenvalue weighted by Gasteiger charge is 2.42. The van der Waals surface area contributed by atoms with E-state index >= 15 is 0 Å². The molecule has 6 nitrogen and oxygen atoms in total. The maximum Gasteiger partial charge on any atom is 0.257 e. The number of aromatic amines is 1. The molecule has 0 amide bonds. The van der Waals surface area contributed by atoms with Gasteiger partial charge >= 0.3 is 0 Å². The van der Waals surface area contributed by atoms with Crippen molar-refractivity contribution in [2.45, 2.75) is 37.8 Å². The number of anilines is 1. The number of aromatic hydroxyl groups is 1. The molecule has 27 heavy (non-hydrogen) atoms. The second-order valence-electron chi connectivity index (χ2n) is 7.82. The van der Waals surface area contributed by atoms with Gasteiger partial charge in [0, 0.05) is 23.6 Å². The summed E-state index contributed by atoms with van der Waals surface area (Å²) in [4.78, 5) is 33.3. The van der Waals surface area contributed by atoms with E-state index in [1.807, 2.05) is 12.3 Å². The molecule has 1 aliphatic heterocycles. The van der Waals surface area contributed by atoms with E-state index < -0.39 is 5.92 Å². The van der Waals surface area contributed by atoms with Crippen molar-refractivity contribution < 1.29 is 9.90 Å². The van der Waals surface area contributed by atoms with Crippen LogP contribution in [0.25, 0.3) is 0 Å². The van der Waals surface area contributed by atoms with Crippen LogP contribution in [0.1, 0.15) is 43.7 Å². The Bertz CT molecular complexity index is 1040. The van der Waals surface area contributed by atoms with Gasteiger partial charge in [0.2, 0.25) is 0 Å². The summed E-state index contributed by atoms with van der Waals surface area (Å²) in [6.45, 7) is 4.13. The number of Topliss-reactive ketones (excluding diaryl/α,β-unsaturated/α-hetero) is 1. The molecule has 1 aromatic heterocycles. The zero-order valence-corrected chi connectivity index (χ0v) is 16.2. The van der Waals surface area contributed by atoms with Crippen LogP contribution in [0.3, 0.4) is 0 Å². The van der Waals surface area contributed by atoms with Gasteiger partial charge in [-0.25, -0.2) is 4.98 Å². The molecule has 4 rings (SSSR count). The molecule has 0 saturated carbocycles. The van der Waals surface area contributed by atoms with E-state index in [9.17, 15) is 14.7 Å². The summed E-state index contributed by atoms with van der Waals surface area (Å²) in [5.41, 5.74) is 2.13. The van der Waals surface area contributed by atoms with Crippen molar-refractivity contribution in [1.82, 2.24) is 9.97 Å². The third kappa shape index (κ3) is 3.06. The van der Waals surface area contributed by atoms with Crippen molar-refractivity contribution in [2.75, 3.05) is 11.6 Å². The van der Waals surface area contributed by atoms with E-state index in [1.54, 1.807) is 18.2 Å². The summed E-state index contributed by atoms with van der Waals surface area (Å²) in [5, 5.41) is 13.8. The molecule has 0 spiro atoms. The van der Waals surface area contributed by atoms with Crippen LogP contribution in [0, 0.1) is 5.41 Å². The summed E-state index contributed by atoms with van der Waals surface area (Å²) in [6, 6.07) is 6.74. The van der Waals surface area contributed by atoms with E-state index in [-0.39, 0.29) is 22.5 Å². The Morgan fingerprint density at radius 2 is 2.04 bits per heavy atom. The van der Waals surface area contributed by atoms with Gasteiger partial charge in [-0.15, -0.1) is 0 Å². The smallest absolute Gasteiger partial charge is 0.257 e. The molecule has 0 fully saturated rings. The number of aromatic nitrogens is 2. The highest BCUT2D eigenvalue weighted by molar-refractivity contribution is 7.98. The summed E-state index contributed by atoms with van der Waals surface area (Å²) < 4.78 is 0. The minimum Gasteiger partial charge on any atom is -0.508 e. The fraction of sp³-hybridized carbons (Fsp3) is 0.350. The van der Waals surface area contributed by atoms with Crippen molar-refractivity contribution in [3.05, 3.63) is 57.0 Å². The van der Waals surface area contributed by atoms with Gasteiger partial charge in [0.15, 0.2) is 10.9 Å². The normalized spacial score (nSPS) is 20.7. The van der Waals surface area contributed by atoms with Crippen LogP contribution in [0.5, 0.6) is 5.75 Å². The number of nitrogens with one attached hydrogen (secondary N) is 2. The molecular formula is C20H21N3O3S. The molecule has 1 atom stereocenters. The molecule has 2 heterocycles. The first-order chi connectivity index (χ1) is 12.8. The Morgan fingerprint density at radius 1 is 1.26 bits per heavy atom. The van der Waals surface area contributed by atoms with Crippen molar-refractivity contribution in [1.29, 1.82) is 0 Å². The Hall–Kier alpha value is -2.54. The number of H-pyrrole nitrogens is 1. The first-order valence-electron chi connectivity index (χ1n) is 8.79. The molecule has 7 heteroatoms. The summed E-state index contributed by atoms with van der Waals surface area (Å²) in [6.07, 6.45) is 2.97. The first kappa shape index (κ1) is 17.9. The SMILES string of the molecule is CSc1nc2c(c(=O)[nH]1)[C@H](c1cccc(O)c1)C1=C(CC(C)(C)CC1=O)N2. The number of benzene rings is 1. The first-order valence-corrected chi connectivity index (χ1v) is 10.0. The van der Waals surface area contributed by atoms with Gasteiger partial charge < -0.3 is 15.4 Å². The Balaban J connectivity index is 1.99. The lowest BCUT2D eigenvalue weighted by molar-refractivity contribution is -0.118. The molecule has 2 aliphatic rings. The minimum atomic E-state index is -0.542. The van der Waals surface area contributed by atoms with Crippen molar-refractivity contribution in [3.8, 4) is 5.75 Å². The summed E-state index contributed by atoms with van der Waals surface area (Å²) in [5.74, 6) is 0.0735. The van der Waals surface area contributed by atoms with Crippen LogP contribution >= 0.6 is 11.8 Å². The summed E-state index contributed by atoms with van der Waals surface area (Å²) in [7, 11) is 0. The number of nitrogens with zero attached hydrogens (tertiary/aromatic N) is 1. The van der Waals surface area contributed by atoms with Crippen molar-refractivity contribution in [2.24, 2.45) is 5.41 Å². The third-order valence-electron chi connectivity index (χ3n) is 5.10. The number of hydrogen-bond acceptors (Lipinski definition) is 6. The lowest BCUT2D eigenvalue weighted by Gasteiger charge is -2.38. The van der Waals surface area contributed by atoms with Gasteiger partial charge in [-0.1, -0.05) is 37.7 Å². The van der Waals surface area contributed by atoms with Crippen LogP contribution < -0.4 is 10.9 Å². The second kappa shape index (κ2) is 6.27. The number of rotatable bonds is 2. The number of phenols is 1. The zero-order chi connectivity index (χ0) is 19.3. The Morgan fingerprint density at radius 3 is 2.74 bits per heavy atom. The molecule has 3 N–H and O–H groups in total. The van der Waals surface area contributed by atoms with Crippen molar-refractivity contribution >= 4 is 23.4 Å². The number of carbonyl (C=O) groups is 1. The van der Waals surface area contributed by atoms with Crippen molar-refractivity contribution in [3.63, 3.8) is 0 Å².